The summed E-state index contributed by atoms with van der Waals surface area (Å²) in [5, 5.41) is 25.2. The number of benzene rings is 2. The van der Waals surface area contributed by atoms with Crippen LogP contribution in [0.4, 0.5) is 15.3 Å². The van der Waals surface area contributed by atoms with Crippen molar-refractivity contribution in [1.29, 1.82) is 0 Å². The van der Waals surface area contributed by atoms with Gasteiger partial charge in [0, 0.05) is 56.4 Å². The van der Waals surface area contributed by atoms with Crippen LogP contribution >= 0.6 is 34.3 Å². The lowest BCUT2D eigenvalue weighted by molar-refractivity contribution is -0.144. The first-order valence-electron chi connectivity index (χ1n) is 22.7. The zero-order valence-electron chi connectivity index (χ0n) is 38.6. The molecule has 0 unspecified atom stereocenters. The zero-order valence-corrected chi connectivity index (χ0v) is 40.9. The standard InChI is InChI=1S/C49H58ClFN8O7S2/c1-30-42(68-29-55-30)32-14-12-31(13-15-32)26-54-44(62)37-24-34(60)27-59(37)45(63)43(48(2,3)4)58-40(61)28-65-22-7-20-52-46(64)49(25-33-8-5-11-39(56-33)57-47-53-21-23-67-47)18-16-35(17-19-49)66-38-10-6-9-36(50)41(38)51/h5-6,8-15,21,23,29,34-35,37,43,60H,7,16-20,22,24-28H2,1-4H3,(H,52,64)(H,54,62)(H,58,61)(H,53,56,57)/t34-,35-,37+,43-,49-/m1/s1. The highest BCUT2D eigenvalue weighted by molar-refractivity contribution is 7.13. The zero-order chi connectivity index (χ0) is 48.4. The minimum Gasteiger partial charge on any atom is -0.487 e. The summed E-state index contributed by atoms with van der Waals surface area (Å²) in [4.78, 5) is 70.8. The fraction of sp³-hybridized carbons (Fsp3) is 0.449. The number of halogens is 2. The van der Waals surface area contributed by atoms with Gasteiger partial charge in [0.15, 0.2) is 16.7 Å². The van der Waals surface area contributed by atoms with E-state index in [1.807, 2.05) is 75.5 Å². The van der Waals surface area contributed by atoms with Gasteiger partial charge in [-0.15, -0.1) is 22.7 Å². The highest BCUT2D eigenvalue weighted by atomic mass is 35.5. The maximum atomic E-state index is 14.7. The van der Waals surface area contributed by atoms with Crippen molar-refractivity contribution in [2.75, 3.05) is 31.6 Å². The molecule has 68 heavy (non-hydrogen) atoms. The first kappa shape index (κ1) is 50.3. The lowest BCUT2D eigenvalue weighted by atomic mass is 9.69. The maximum absolute atomic E-state index is 14.7. The number of carbonyl (C=O) groups excluding carboxylic acids is 4. The Morgan fingerprint density at radius 2 is 1.78 bits per heavy atom. The summed E-state index contributed by atoms with van der Waals surface area (Å²) in [5.41, 5.74) is 3.83. The maximum Gasteiger partial charge on any atom is 0.246 e. The molecular weight excluding hydrogens is 931 g/mol. The molecule has 3 atom stereocenters. The summed E-state index contributed by atoms with van der Waals surface area (Å²) in [6, 6.07) is 16.1. The van der Waals surface area contributed by atoms with Crippen molar-refractivity contribution in [3.05, 3.63) is 106 Å². The lowest BCUT2D eigenvalue weighted by Gasteiger charge is -2.39. The third-order valence-electron chi connectivity index (χ3n) is 12.3. The second kappa shape index (κ2) is 22.7. The average molecular weight is 990 g/mol. The molecule has 15 nitrogen and oxygen atoms in total. The van der Waals surface area contributed by atoms with Gasteiger partial charge in [0.2, 0.25) is 23.6 Å². The number of hydrogen-bond acceptors (Lipinski definition) is 13. The quantitative estimate of drug-likeness (QED) is 0.0518. The number of ether oxygens (including phenoxy) is 2. The van der Waals surface area contributed by atoms with E-state index in [-0.39, 0.29) is 62.1 Å². The van der Waals surface area contributed by atoms with Crippen molar-refractivity contribution in [1.82, 2.24) is 35.8 Å². The Balaban J connectivity index is 0.895. The van der Waals surface area contributed by atoms with Crippen LogP contribution in [-0.2, 0) is 36.9 Å². The van der Waals surface area contributed by atoms with E-state index in [4.69, 9.17) is 26.1 Å². The van der Waals surface area contributed by atoms with Gasteiger partial charge in [0.05, 0.1) is 38.7 Å². The van der Waals surface area contributed by atoms with Gasteiger partial charge in [0.25, 0.3) is 0 Å². The number of likely N-dealkylation sites (tertiary alicyclic amines) is 1. The molecule has 362 valence electrons. The summed E-state index contributed by atoms with van der Waals surface area (Å²) in [5.74, 6) is -1.46. The van der Waals surface area contributed by atoms with E-state index >= 15 is 0 Å². The van der Waals surface area contributed by atoms with Crippen LogP contribution in [0.5, 0.6) is 5.75 Å². The Bertz CT molecular complexity index is 2510. The molecule has 2 fully saturated rings. The van der Waals surface area contributed by atoms with Crippen LogP contribution in [-0.4, -0.2) is 99.2 Å². The molecule has 1 aliphatic carbocycles. The highest BCUT2D eigenvalue weighted by Gasteiger charge is 2.45. The van der Waals surface area contributed by atoms with Gasteiger partial charge in [-0.05, 0) is 79.8 Å². The van der Waals surface area contributed by atoms with E-state index in [1.54, 1.807) is 35.2 Å². The Morgan fingerprint density at radius 1 is 1.01 bits per heavy atom. The van der Waals surface area contributed by atoms with E-state index in [1.165, 1.54) is 22.3 Å². The Kier molecular flexibility index (Phi) is 16.8. The number of carbonyl (C=O) groups is 4. The summed E-state index contributed by atoms with van der Waals surface area (Å²) in [7, 11) is 0. The Morgan fingerprint density at radius 3 is 2.49 bits per heavy atom. The smallest absolute Gasteiger partial charge is 0.246 e. The molecule has 5 aromatic rings. The monoisotopic (exact) mass is 988 g/mol. The number of amides is 4. The molecule has 0 radical (unpaired) electrons. The molecule has 1 saturated carbocycles. The fourth-order valence-electron chi connectivity index (χ4n) is 8.60. The van der Waals surface area contributed by atoms with Crippen LogP contribution in [0.25, 0.3) is 10.4 Å². The lowest BCUT2D eigenvalue weighted by Crippen LogP contribution is -2.58. The first-order valence-corrected chi connectivity index (χ1v) is 24.9. The highest BCUT2D eigenvalue weighted by Crippen LogP contribution is 2.41. The first-order chi connectivity index (χ1) is 32.6. The van der Waals surface area contributed by atoms with Crippen LogP contribution in [0.15, 0.2) is 77.8 Å². The molecule has 4 heterocycles. The second-order valence-corrected chi connectivity index (χ2v) is 20.6. The van der Waals surface area contributed by atoms with Crippen LogP contribution in [0.2, 0.25) is 5.02 Å². The second-order valence-electron chi connectivity index (χ2n) is 18.4. The van der Waals surface area contributed by atoms with Crippen molar-refractivity contribution in [2.45, 2.75) is 103 Å². The molecule has 1 aliphatic heterocycles. The summed E-state index contributed by atoms with van der Waals surface area (Å²) in [6.45, 7) is 7.68. The van der Waals surface area contributed by atoms with Crippen LogP contribution in [0.1, 0.15) is 76.2 Å². The van der Waals surface area contributed by atoms with Gasteiger partial charge in [0.1, 0.15) is 24.5 Å². The Labute approximate surface area is 408 Å². The van der Waals surface area contributed by atoms with E-state index in [2.05, 4.69) is 31.2 Å². The predicted octanol–water partition coefficient (Wildman–Crippen LogP) is 7.39. The van der Waals surface area contributed by atoms with Crippen molar-refractivity contribution >= 4 is 68.9 Å². The minimum absolute atomic E-state index is 0.0224. The van der Waals surface area contributed by atoms with Gasteiger partial charge in [-0.25, -0.2) is 19.3 Å². The number of hydrogen-bond donors (Lipinski definition) is 5. The number of anilines is 2. The molecule has 0 spiro atoms. The molecule has 0 bridgehead atoms. The number of β-amino-alcohol motifs (C(OH)–C–C–N with tert-alkyl or cyclic N) is 1. The van der Waals surface area contributed by atoms with Gasteiger partial charge >= 0.3 is 0 Å². The summed E-state index contributed by atoms with van der Waals surface area (Å²) in [6.07, 6.45) is 3.26. The van der Waals surface area contributed by atoms with E-state index in [0.717, 1.165) is 27.4 Å². The summed E-state index contributed by atoms with van der Waals surface area (Å²) < 4.78 is 26.5. The van der Waals surface area contributed by atoms with E-state index in [0.29, 0.717) is 49.5 Å². The number of aryl methyl sites for hydroxylation is 1. The molecule has 3 aromatic heterocycles. The summed E-state index contributed by atoms with van der Waals surface area (Å²) >= 11 is 9.01. The molecule has 2 aliphatic rings. The SMILES string of the molecule is Cc1ncsc1-c1ccc(CNC(=O)[C@@H]2C[C@@H](O)CN2C(=O)[C@@H](NC(=O)COCCCNC(=O)[C@]2(Cc3cccc(Nc4nccs4)n3)CC[C@@H](Oc3cccc(Cl)c3F)CC2)C(C)(C)C)cc1. The van der Waals surface area contributed by atoms with Crippen molar-refractivity contribution in [3.8, 4) is 16.2 Å². The number of aromatic nitrogens is 3. The fourth-order valence-corrected chi connectivity index (χ4v) is 10.1. The van der Waals surface area contributed by atoms with Gasteiger partial charge < -0.3 is 40.7 Å². The number of aliphatic hydroxyl groups is 1. The van der Waals surface area contributed by atoms with Crippen molar-refractivity contribution in [2.24, 2.45) is 10.8 Å². The van der Waals surface area contributed by atoms with Gasteiger partial charge in [-0.3, -0.25) is 19.2 Å². The molecule has 7 rings (SSSR count). The van der Waals surface area contributed by atoms with Crippen molar-refractivity contribution < 1.29 is 38.1 Å². The number of nitrogens with zero attached hydrogens (tertiary/aromatic N) is 4. The number of pyridine rings is 1. The van der Waals surface area contributed by atoms with Gasteiger partial charge in [-0.1, -0.05) is 68.8 Å². The molecular formula is C49H58ClFN8O7S2. The number of rotatable bonds is 19. The van der Waals surface area contributed by atoms with Crippen LogP contribution in [0, 0.1) is 23.6 Å². The van der Waals surface area contributed by atoms with Crippen LogP contribution < -0.4 is 26.0 Å². The number of nitrogens with one attached hydrogen (secondary N) is 4. The molecule has 2 aromatic carbocycles. The van der Waals surface area contributed by atoms with E-state index < -0.39 is 52.6 Å². The Hall–Kier alpha value is -5.53. The molecule has 4 amide bonds. The number of aliphatic hydroxyl groups excluding tert-OH is 1. The number of thiazole rings is 2. The third kappa shape index (κ3) is 13.0. The normalized spacial score (nSPS) is 19.8. The van der Waals surface area contributed by atoms with E-state index in [9.17, 15) is 28.7 Å². The molecule has 5 N–H and O–H groups in total. The van der Waals surface area contributed by atoms with Crippen LogP contribution in [0.3, 0.4) is 0 Å². The topological polar surface area (TPSA) is 197 Å². The molecule has 1 saturated heterocycles. The predicted molar refractivity (Wildman–Crippen MR) is 260 cm³/mol. The van der Waals surface area contributed by atoms with Crippen molar-refractivity contribution in [3.63, 3.8) is 0 Å². The molecule has 19 heteroatoms. The average Bonchev–Trinajstić information content (AvgIpc) is 4.09. The largest absolute Gasteiger partial charge is 0.487 e. The minimum atomic E-state index is -1.01. The van der Waals surface area contributed by atoms with Gasteiger partial charge in [-0.2, -0.15) is 0 Å². The third-order valence-corrected chi connectivity index (χ3v) is 14.2.